The van der Waals surface area contributed by atoms with Crippen molar-refractivity contribution in [2.45, 2.75) is 12.8 Å². The fraction of sp³-hybridized carbons (Fsp3) is 0.125. The fourth-order valence-electron chi connectivity index (χ4n) is 2.47. The van der Waals surface area contributed by atoms with Gasteiger partial charge in [-0.15, -0.1) is 0 Å². The van der Waals surface area contributed by atoms with Gasteiger partial charge in [-0.3, -0.25) is 4.79 Å². The number of fused-ring (bicyclic) bond motifs is 1. The van der Waals surface area contributed by atoms with E-state index in [4.69, 9.17) is 17.4 Å². The average molecular weight is 286 g/mol. The molecule has 1 aliphatic rings. The molecule has 0 aliphatic carbocycles. The summed E-state index contributed by atoms with van der Waals surface area (Å²) in [4.78, 5) is 12.5. The Bertz CT molecular complexity index is 705. The van der Waals surface area contributed by atoms with Crippen LogP contribution in [0, 0.1) is 0 Å². The summed E-state index contributed by atoms with van der Waals surface area (Å²) in [6.45, 7) is 0. The number of Topliss-reactive ketones (excluding diaryl/α,β-unsaturated/α-hetero) is 1. The molecule has 3 rings (SSSR count). The summed E-state index contributed by atoms with van der Waals surface area (Å²) >= 11 is 5.84. The standard InChI is InChI=1S/C16H13ClN2O/c17-13-8-5-12(6-9-13)16(20)15-10-7-11-3-1-2-4-14(11)19(15)18/h1-6,8-9H,7,10H2,(H-,18,20)/p+1. The molecule has 0 amide bonds. The van der Waals surface area contributed by atoms with Crippen molar-refractivity contribution in [3.05, 3.63) is 64.7 Å². The highest BCUT2D eigenvalue weighted by molar-refractivity contribution is 6.44. The van der Waals surface area contributed by atoms with Gasteiger partial charge in [0.1, 0.15) is 0 Å². The van der Waals surface area contributed by atoms with Crippen molar-refractivity contribution in [3.8, 4) is 0 Å². The first-order valence-electron chi connectivity index (χ1n) is 6.45. The number of carbonyl (C=O) groups excluding carboxylic acids is 1. The zero-order valence-corrected chi connectivity index (χ0v) is 11.6. The summed E-state index contributed by atoms with van der Waals surface area (Å²) in [6, 6.07) is 14.8. The molecule has 1 heterocycles. The Kier molecular flexibility index (Phi) is 3.28. The maximum absolute atomic E-state index is 12.5. The molecule has 0 spiro atoms. The minimum absolute atomic E-state index is 0.0429. The van der Waals surface area contributed by atoms with Gasteiger partial charge in [-0.05, 0) is 30.7 Å². The molecule has 3 nitrogen and oxygen atoms in total. The average Bonchev–Trinajstić information content (AvgIpc) is 2.48. The molecule has 0 aromatic heterocycles. The molecule has 1 aliphatic heterocycles. The number of nitrogens with two attached hydrogens (primary N) is 1. The van der Waals surface area contributed by atoms with Crippen LogP contribution in [0.25, 0.3) is 0 Å². The molecule has 0 saturated carbocycles. The van der Waals surface area contributed by atoms with Crippen LogP contribution in [0.4, 0.5) is 5.69 Å². The van der Waals surface area contributed by atoms with Gasteiger partial charge in [0, 0.05) is 28.6 Å². The lowest BCUT2D eigenvalue weighted by molar-refractivity contribution is -0.454. The maximum Gasteiger partial charge on any atom is 0.259 e. The Hall–Kier alpha value is -2.13. The molecule has 0 bridgehead atoms. The number of hydrazine groups is 1. The van der Waals surface area contributed by atoms with Crippen molar-refractivity contribution in [2.24, 2.45) is 5.84 Å². The van der Waals surface area contributed by atoms with Gasteiger partial charge in [-0.1, -0.05) is 34.5 Å². The van der Waals surface area contributed by atoms with Crippen molar-refractivity contribution in [3.63, 3.8) is 0 Å². The highest BCUT2D eigenvalue weighted by Gasteiger charge is 2.30. The molecule has 100 valence electrons. The lowest BCUT2D eigenvalue weighted by Gasteiger charge is -2.12. The van der Waals surface area contributed by atoms with E-state index in [1.807, 2.05) is 24.3 Å². The van der Waals surface area contributed by atoms with Crippen LogP contribution in [0.15, 0.2) is 48.5 Å². The van der Waals surface area contributed by atoms with E-state index in [2.05, 4.69) is 0 Å². The van der Waals surface area contributed by atoms with E-state index in [1.54, 1.807) is 24.3 Å². The summed E-state index contributed by atoms with van der Waals surface area (Å²) in [5.41, 5.74) is 3.30. The second-order valence-corrected chi connectivity index (χ2v) is 5.22. The van der Waals surface area contributed by atoms with Crippen LogP contribution in [0.2, 0.25) is 5.02 Å². The van der Waals surface area contributed by atoms with Crippen molar-refractivity contribution >= 4 is 28.8 Å². The first-order valence-corrected chi connectivity index (χ1v) is 6.83. The number of para-hydroxylation sites is 1. The van der Waals surface area contributed by atoms with Crippen LogP contribution in [-0.2, 0) is 6.42 Å². The number of rotatable bonds is 2. The Morgan fingerprint density at radius 2 is 1.75 bits per heavy atom. The van der Waals surface area contributed by atoms with Crippen LogP contribution in [-0.4, -0.2) is 16.2 Å². The molecule has 0 saturated heterocycles. The summed E-state index contributed by atoms with van der Waals surface area (Å²) in [7, 11) is 0. The summed E-state index contributed by atoms with van der Waals surface area (Å²) in [6.07, 6.45) is 1.48. The van der Waals surface area contributed by atoms with Gasteiger partial charge in [-0.2, -0.15) is 0 Å². The molecule has 2 aromatic rings. The third kappa shape index (κ3) is 2.21. The van der Waals surface area contributed by atoms with E-state index >= 15 is 0 Å². The molecule has 2 aromatic carbocycles. The number of benzene rings is 2. The Balaban J connectivity index is 2.02. The van der Waals surface area contributed by atoms with Gasteiger partial charge in [0.25, 0.3) is 11.5 Å². The third-order valence-electron chi connectivity index (χ3n) is 3.54. The van der Waals surface area contributed by atoms with Crippen LogP contribution in [0.3, 0.4) is 0 Å². The third-order valence-corrected chi connectivity index (χ3v) is 3.79. The smallest absolute Gasteiger partial charge is 0.259 e. The summed E-state index contributed by atoms with van der Waals surface area (Å²) in [5, 5.41) is 0.616. The van der Waals surface area contributed by atoms with Crippen molar-refractivity contribution in [1.82, 2.24) is 0 Å². The van der Waals surface area contributed by atoms with Crippen LogP contribution >= 0.6 is 11.6 Å². The molecule has 20 heavy (non-hydrogen) atoms. The number of nitrogens with zero attached hydrogens (tertiary/aromatic N) is 1. The van der Waals surface area contributed by atoms with Gasteiger partial charge in [0.15, 0.2) is 0 Å². The van der Waals surface area contributed by atoms with Gasteiger partial charge < -0.3 is 0 Å². The van der Waals surface area contributed by atoms with Crippen molar-refractivity contribution < 1.29 is 9.48 Å². The number of halogens is 1. The van der Waals surface area contributed by atoms with E-state index in [9.17, 15) is 4.79 Å². The van der Waals surface area contributed by atoms with Crippen LogP contribution < -0.4 is 5.84 Å². The van der Waals surface area contributed by atoms with Gasteiger partial charge in [0.2, 0.25) is 5.69 Å². The highest BCUT2D eigenvalue weighted by atomic mass is 35.5. The minimum atomic E-state index is -0.0429. The van der Waals surface area contributed by atoms with Gasteiger partial charge >= 0.3 is 0 Å². The molecule has 0 fully saturated rings. The van der Waals surface area contributed by atoms with Crippen LogP contribution in [0.5, 0.6) is 0 Å². The van der Waals surface area contributed by atoms with Crippen LogP contribution in [0.1, 0.15) is 22.3 Å². The predicted molar refractivity (Wildman–Crippen MR) is 79.7 cm³/mol. The van der Waals surface area contributed by atoms with E-state index in [0.717, 1.165) is 12.1 Å². The maximum atomic E-state index is 12.5. The first-order chi connectivity index (χ1) is 9.66. The largest absolute Gasteiger partial charge is 0.282 e. The normalized spacial score (nSPS) is 14.1. The Morgan fingerprint density at radius 3 is 2.50 bits per heavy atom. The monoisotopic (exact) mass is 285 g/mol. The van der Waals surface area contributed by atoms with E-state index < -0.39 is 0 Å². The van der Waals surface area contributed by atoms with Crippen molar-refractivity contribution in [2.75, 3.05) is 0 Å². The SMILES string of the molecule is N[N+]1=C(C(=O)c2ccc(Cl)cc2)CCc2ccccc21. The topological polar surface area (TPSA) is 46.1 Å². The highest BCUT2D eigenvalue weighted by Crippen LogP contribution is 2.24. The lowest BCUT2D eigenvalue weighted by atomic mass is 9.96. The molecule has 0 unspecified atom stereocenters. The van der Waals surface area contributed by atoms with Gasteiger partial charge in [-0.25, -0.2) is 5.84 Å². The van der Waals surface area contributed by atoms with E-state index in [0.29, 0.717) is 22.7 Å². The quantitative estimate of drug-likeness (QED) is 0.523. The summed E-state index contributed by atoms with van der Waals surface area (Å²) in [5.74, 6) is 6.07. The number of hydrogen-bond acceptors (Lipinski definition) is 2. The molecular weight excluding hydrogens is 272 g/mol. The van der Waals surface area contributed by atoms with E-state index in [-0.39, 0.29) is 5.78 Å². The molecule has 4 heteroatoms. The second-order valence-electron chi connectivity index (χ2n) is 4.78. The minimum Gasteiger partial charge on any atom is -0.282 e. The molecule has 0 atom stereocenters. The molecular formula is C16H14ClN2O+. The fourth-order valence-corrected chi connectivity index (χ4v) is 2.59. The first kappa shape index (κ1) is 12.9. The predicted octanol–water partition coefficient (Wildman–Crippen LogP) is 3.13. The number of carbonyl (C=O) groups is 1. The zero-order valence-electron chi connectivity index (χ0n) is 10.8. The Morgan fingerprint density at radius 1 is 1.05 bits per heavy atom. The van der Waals surface area contributed by atoms with Gasteiger partial charge in [0.05, 0.1) is 0 Å². The number of hydrogen-bond donors (Lipinski definition) is 1. The molecule has 2 N–H and O–H groups in total. The molecule has 0 radical (unpaired) electrons. The number of hydrazone groups is 1. The number of ketones is 1. The Labute approximate surface area is 122 Å². The zero-order chi connectivity index (χ0) is 14.1. The lowest BCUT2D eigenvalue weighted by Crippen LogP contribution is -2.33. The summed E-state index contributed by atoms with van der Waals surface area (Å²) < 4.78 is 1.51. The van der Waals surface area contributed by atoms with Crippen molar-refractivity contribution in [1.29, 1.82) is 0 Å². The number of aryl methyl sites for hydroxylation is 1. The van der Waals surface area contributed by atoms with E-state index in [1.165, 1.54) is 10.2 Å². The second kappa shape index (κ2) is 5.10.